The highest BCUT2D eigenvalue weighted by atomic mass is 16.4. The molecule has 0 fully saturated rings. The Bertz CT molecular complexity index is 319. The summed E-state index contributed by atoms with van der Waals surface area (Å²) in [5.74, 6) is -0.617. The number of carboxylic acids is 1. The maximum absolute atomic E-state index is 10.6. The zero-order chi connectivity index (χ0) is 9.26. The summed E-state index contributed by atoms with van der Waals surface area (Å²) in [6, 6.07) is 0. The molecule has 1 aliphatic carbocycles. The average Bonchev–Trinajstić information content (AvgIpc) is 2.51. The predicted molar refractivity (Wildman–Crippen MR) is 46.5 cm³/mol. The van der Waals surface area contributed by atoms with Crippen molar-refractivity contribution in [1.29, 1.82) is 0 Å². The molecule has 1 aromatic heterocycles. The van der Waals surface area contributed by atoms with Gasteiger partial charge in [0.1, 0.15) is 0 Å². The molecule has 1 aromatic rings. The van der Waals surface area contributed by atoms with Crippen molar-refractivity contribution >= 4 is 5.97 Å². The van der Waals surface area contributed by atoms with E-state index in [0.717, 1.165) is 30.7 Å². The molecule has 0 saturated carbocycles. The van der Waals surface area contributed by atoms with Gasteiger partial charge < -0.3 is 10.1 Å². The number of aryl methyl sites for hydroxylation is 1. The second kappa shape index (κ2) is 3.20. The number of carbonyl (C=O) groups is 1. The Balaban J connectivity index is 2.20. The van der Waals surface area contributed by atoms with Crippen LogP contribution in [0.25, 0.3) is 0 Å². The van der Waals surface area contributed by atoms with Crippen LogP contribution < -0.4 is 0 Å². The number of nitrogens with zero attached hydrogens (tertiary/aromatic N) is 1. The fraction of sp³-hybridized carbons (Fsp3) is 0.556. The number of nitrogens with one attached hydrogen (secondary N) is 1. The SMILES string of the molecule is O=C(O)CC1CCCc2[nH]cnc21. The molecule has 4 nitrogen and oxygen atoms in total. The summed E-state index contributed by atoms with van der Waals surface area (Å²) < 4.78 is 0. The lowest BCUT2D eigenvalue weighted by molar-refractivity contribution is -0.137. The number of hydrogen-bond acceptors (Lipinski definition) is 2. The van der Waals surface area contributed by atoms with E-state index in [1.54, 1.807) is 6.33 Å². The van der Waals surface area contributed by atoms with Gasteiger partial charge in [0.05, 0.1) is 18.4 Å². The smallest absolute Gasteiger partial charge is 0.304 e. The highest BCUT2D eigenvalue weighted by Gasteiger charge is 2.24. The standard InChI is InChI=1S/C9H12N2O2/c12-8(13)4-6-2-1-3-7-9(6)11-5-10-7/h5-6H,1-4H2,(H,10,11)(H,12,13). The van der Waals surface area contributed by atoms with E-state index >= 15 is 0 Å². The van der Waals surface area contributed by atoms with Gasteiger partial charge in [-0.05, 0) is 19.3 Å². The van der Waals surface area contributed by atoms with E-state index < -0.39 is 5.97 Å². The van der Waals surface area contributed by atoms with E-state index in [-0.39, 0.29) is 12.3 Å². The Labute approximate surface area is 76.0 Å². The first-order valence-corrected chi connectivity index (χ1v) is 4.51. The Hall–Kier alpha value is -1.32. The van der Waals surface area contributed by atoms with Crippen molar-refractivity contribution in [2.75, 3.05) is 0 Å². The normalized spacial score (nSPS) is 21.1. The predicted octanol–water partition coefficient (Wildman–Crippen LogP) is 1.30. The van der Waals surface area contributed by atoms with Gasteiger partial charge in [-0.3, -0.25) is 4.79 Å². The van der Waals surface area contributed by atoms with E-state index in [1.165, 1.54) is 0 Å². The number of aromatic amines is 1. The Morgan fingerprint density at radius 2 is 2.62 bits per heavy atom. The molecule has 13 heavy (non-hydrogen) atoms. The lowest BCUT2D eigenvalue weighted by Crippen LogP contribution is -2.13. The van der Waals surface area contributed by atoms with Gasteiger partial charge >= 0.3 is 5.97 Å². The van der Waals surface area contributed by atoms with Crippen LogP contribution in [0, 0.1) is 0 Å². The largest absolute Gasteiger partial charge is 0.481 e. The van der Waals surface area contributed by atoms with Gasteiger partial charge in [0.15, 0.2) is 0 Å². The fourth-order valence-electron chi connectivity index (χ4n) is 1.96. The second-order valence-electron chi connectivity index (χ2n) is 3.45. The topological polar surface area (TPSA) is 66.0 Å². The van der Waals surface area contributed by atoms with Crippen LogP contribution in [0.1, 0.15) is 36.6 Å². The molecule has 1 heterocycles. The molecule has 0 amide bonds. The molecular weight excluding hydrogens is 168 g/mol. The highest BCUT2D eigenvalue weighted by Crippen LogP contribution is 2.31. The molecule has 0 saturated heterocycles. The van der Waals surface area contributed by atoms with Gasteiger partial charge in [-0.15, -0.1) is 0 Å². The number of aromatic nitrogens is 2. The van der Waals surface area contributed by atoms with Crippen LogP contribution in [0.15, 0.2) is 6.33 Å². The average molecular weight is 180 g/mol. The molecule has 1 atom stereocenters. The van der Waals surface area contributed by atoms with Crippen molar-refractivity contribution < 1.29 is 9.90 Å². The molecule has 2 N–H and O–H groups in total. The van der Waals surface area contributed by atoms with Crippen molar-refractivity contribution in [3.05, 3.63) is 17.7 Å². The Kier molecular flexibility index (Phi) is 2.04. The van der Waals surface area contributed by atoms with E-state index in [4.69, 9.17) is 5.11 Å². The van der Waals surface area contributed by atoms with Crippen LogP contribution in [0.5, 0.6) is 0 Å². The summed E-state index contributed by atoms with van der Waals surface area (Å²) in [6.07, 6.45) is 4.88. The fourth-order valence-corrected chi connectivity index (χ4v) is 1.96. The third-order valence-corrected chi connectivity index (χ3v) is 2.54. The third-order valence-electron chi connectivity index (χ3n) is 2.54. The van der Waals surface area contributed by atoms with Crippen LogP contribution in [0.4, 0.5) is 0 Å². The van der Waals surface area contributed by atoms with Gasteiger partial charge in [0, 0.05) is 11.6 Å². The van der Waals surface area contributed by atoms with Gasteiger partial charge in [0.25, 0.3) is 0 Å². The molecule has 0 spiro atoms. The van der Waals surface area contributed by atoms with Crippen molar-refractivity contribution in [2.45, 2.75) is 31.6 Å². The van der Waals surface area contributed by atoms with Crippen molar-refractivity contribution in [3.8, 4) is 0 Å². The quantitative estimate of drug-likeness (QED) is 0.721. The first-order valence-electron chi connectivity index (χ1n) is 4.51. The van der Waals surface area contributed by atoms with Crippen LogP contribution in [0.2, 0.25) is 0 Å². The molecule has 4 heteroatoms. The summed E-state index contributed by atoms with van der Waals surface area (Å²) in [4.78, 5) is 17.8. The summed E-state index contributed by atoms with van der Waals surface area (Å²) in [6.45, 7) is 0. The first-order chi connectivity index (χ1) is 6.27. The van der Waals surface area contributed by atoms with Crippen molar-refractivity contribution in [3.63, 3.8) is 0 Å². The molecule has 1 unspecified atom stereocenters. The summed E-state index contributed by atoms with van der Waals surface area (Å²) >= 11 is 0. The lowest BCUT2D eigenvalue weighted by atomic mass is 9.88. The number of carboxylic acid groups (broad SMARTS) is 1. The minimum Gasteiger partial charge on any atom is -0.481 e. The molecule has 1 aliphatic rings. The molecule has 0 radical (unpaired) electrons. The molecule has 0 bridgehead atoms. The Morgan fingerprint density at radius 3 is 3.38 bits per heavy atom. The van der Waals surface area contributed by atoms with E-state index in [2.05, 4.69) is 9.97 Å². The van der Waals surface area contributed by atoms with E-state index in [9.17, 15) is 4.79 Å². The van der Waals surface area contributed by atoms with Crippen LogP contribution in [0.3, 0.4) is 0 Å². The zero-order valence-electron chi connectivity index (χ0n) is 7.29. The van der Waals surface area contributed by atoms with Crippen LogP contribution >= 0.6 is 0 Å². The minimum atomic E-state index is -0.735. The lowest BCUT2D eigenvalue weighted by Gasteiger charge is -2.19. The van der Waals surface area contributed by atoms with Gasteiger partial charge in [-0.25, -0.2) is 4.98 Å². The minimum absolute atomic E-state index is 0.118. The summed E-state index contributed by atoms with van der Waals surface area (Å²) in [7, 11) is 0. The van der Waals surface area contributed by atoms with Crippen molar-refractivity contribution in [2.24, 2.45) is 0 Å². The van der Waals surface area contributed by atoms with E-state index in [0.29, 0.717) is 0 Å². The number of rotatable bonds is 2. The number of imidazole rings is 1. The van der Waals surface area contributed by atoms with Crippen LogP contribution in [-0.4, -0.2) is 21.0 Å². The highest BCUT2D eigenvalue weighted by molar-refractivity contribution is 5.68. The van der Waals surface area contributed by atoms with Gasteiger partial charge in [-0.1, -0.05) is 0 Å². The number of fused-ring (bicyclic) bond motifs is 1. The van der Waals surface area contributed by atoms with E-state index in [1.807, 2.05) is 0 Å². The summed E-state index contributed by atoms with van der Waals surface area (Å²) in [5.41, 5.74) is 2.09. The monoisotopic (exact) mass is 180 g/mol. The Morgan fingerprint density at radius 1 is 1.77 bits per heavy atom. The second-order valence-corrected chi connectivity index (χ2v) is 3.45. The molecule has 0 aromatic carbocycles. The molecule has 70 valence electrons. The first kappa shape index (κ1) is 8.29. The van der Waals surface area contributed by atoms with Crippen molar-refractivity contribution in [1.82, 2.24) is 9.97 Å². The molecular formula is C9H12N2O2. The molecule has 0 aliphatic heterocycles. The van der Waals surface area contributed by atoms with Gasteiger partial charge in [-0.2, -0.15) is 0 Å². The van der Waals surface area contributed by atoms with Crippen LogP contribution in [-0.2, 0) is 11.2 Å². The third kappa shape index (κ3) is 1.56. The van der Waals surface area contributed by atoms with Gasteiger partial charge in [0.2, 0.25) is 0 Å². The zero-order valence-corrected chi connectivity index (χ0v) is 7.29. The number of aliphatic carboxylic acids is 1. The number of hydrogen-bond donors (Lipinski definition) is 2. The molecule has 2 rings (SSSR count). The number of H-pyrrole nitrogens is 1. The maximum Gasteiger partial charge on any atom is 0.304 e. The maximum atomic E-state index is 10.6. The summed E-state index contributed by atoms with van der Waals surface area (Å²) in [5, 5.41) is 8.69.